The first kappa shape index (κ1) is 14.5. The topological polar surface area (TPSA) is 12.9 Å². The van der Waals surface area contributed by atoms with Crippen LogP contribution in [-0.4, -0.2) is 4.98 Å². The molecule has 0 saturated heterocycles. The van der Waals surface area contributed by atoms with Crippen LogP contribution in [0.1, 0.15) is 22.3 Å². The molecule has 1 heteroatoms. The van der Waals surface area contributed by atoms with Gasteiger partial charge in [-0.3, -0.25) is 4.98 Å². The normalized spacial score (nSPS) is 10.7. The summed E-state index contributed by atoms with van der Waals surface area (Å²) in [5, 5.41) is 0. The zero-order chi connectivity index (χ0) is 15.7. The zero-order valence-corrected chi connectivity index (χ0v) is 13.6. The largest absolute Gasteiger partial charge is 0.256 e. The van der Waals surface area contributed by atoms with Crippen LogP contribution in [0.4, 0.5) is 0 Å². The number of hydrogen-bond donors (Lipinski definition) is 0. The Balaban J connectivity index is 2.10. The van der Waals surface area contributed by atoms with E-state index in [2.05, 4.69) is 69.1 Å². The van der Waals surface area contributed by atoms with E-state index < -0.39 is 0 Å². The van der Waals surface area contributed by atoms with Crippen LogP contribution in [0.5, 0.6) is 0 Å². The second-order valence-corrected chi connectivity index (χ2v) is 6.02. The molecule has 2 aromatic carbocycles. The maximum atomic E-state index is 4.46. The van der Waals surface area contributed by atoms with Crippen molar-refractivity contribution in [3.63, 3.8) is 0 Å². The van der Waals surface area contributed by atoms with Crippen LogP contribution in [-0.2, 0) is 0 Å². The lowest BCUT2D eigenvalue weighted by atomic mass is 9.91. The minimum Gasteiger partial charge on any atom is -0.256 e. The number of nitrogens with zero attached hydrogens (tertiary/aromatic N) is 1. The van der Waals surface area contributed by atoms with E-state index in [1.807, 2.05) is 18.3 Å². The van der Waals surface area contributed by atoms with Crippen molar-refractivity contribution >= 4 is 0 Å². The molecular formula is C21H21N. The molecule has 3 aromatic rings. The van der Waals surface area contributed by atoms with Gasteiger partial charge in [0.15, 0.2) is 0 Å². The number of hydrogen-bond acceptors (Lipinski definition) is 1. The number of rotatable bonds is 2. The molecule has 0 bridgehead atoms. The standard InChI is InChI=1S/C21H21N/c1-14-11-16(3)21(17(4)12-14)18-8-9-19(15(2)13-18)20-7-5-6-10-22-20/h5-13H,1-4H3. The Morgan fingerprint density at radius 2 is 1.45 bits per heavy atom. The monoisotopic (exact) mass is 287 g/mol. The predicted octanol–water partition coefficient (Wildman–Crippen LogP) is 5.65. The molecule has 3 rings (SSSR count). The van der Waals surface area contributed by atoms with E-state index in [-0.39, 0.29) is 0 Å². The molecule has 110 valence electrons. The van der Waals surface area contributed by atoms with E-state index in [0.29, 0.717) is 0 Å². The van der Waals surface area contributed by atoms with Gasteiger partial charge in [0.2, 0.25) is 0 Å². The van der Waals surface area contributed by atoms with Crippen molar-refractivity contribution in [3.8, 4) is 22.4 Å². The molecule has 0 N–H and O–H groups in total. The summed E-state index contributed by atoms with van der Waals surface area (Å²) >= 11 is 0. The second kappa shape index (κ2) is 5.76. The lowest BCUT2D eigenvalue weighted by molar-refractivity contribution is 1.29. The predicted molar refractivity (Wildman–Crippen MR) is 94.1 cm³/mol. The van der Waals surface area contributed by atoms with Gasteiger partial charge in [-0.1, -0.05) is 42.0 Å². The first-order valence-corrected chi connectivity index (χ1v) is 7.66. The van der Waals surface area contributed by atoms with Crippen LogP contribution >= 0.6 is 0 Å². The molecule has 1 heterocycles. The van der Waals surface area contributed by atoms with Gasteiger partial charge in [-0.05, 0) is 67.6 Å². The quantitative estimate of drug-likeness (QED) is 0.593. The minimum absolute atomic E-state index is 1.03. The number of aryl methyl sites for hydroxylation is 4. The minimum atomic E-state index is 1.03. The van der Waals surface area contributed by atoms with Crippen LogP contribution in [0, 0.1) is 27.7 Å². The summed E-state index contributed by atoms with van der Waals surface area (Å²) in [5.74, 6) is 0. The summed E-state index contributed by atoms with van der Waals surface area (Å²) in [6.45, 7) is 8.69. The summed E-state index contributed by atoms with van der Waals surface area (Å²) in [7, 11) is 0. The Morgan fingerprint density at radius 1 is 0.727 bits per heavy atom. The van der Waals surface area contributed by atoms with Gasteiger partial charge >= 0.3 is 0 Å². The van der Waals surface area contributed by atoms with Gasteiger partial charge < -0.3 is 0 Å². The zero-order valence-electron chi connectivity index (χ0n) is 13.6. The Kier molecular flexibility index (Phi) is 3.81. The van der Waals surface area contributed by atoms with Crippen LogP contribution in [0.3, 0.4) is 0 Å². The van der Waals surface area contributed by atoms with E-state index in [1.165, 1.54) is 38.9 Å². The number of aromatic nitrogens is 1. The van der Waals surface area contributed by atoms with Crippen LogP contribution < -0.4 is 0 Å². The molecule has 0 aliphatic carbocycles. The fraction of sp³-hybridized carbons (Fsp3) is 0.190. The second-order valence-electron chi connectivity index (χ2n) is 6.02. The molecule has 0 unspecified atom stereocenters. The highest BCUT2D eigenvalue weighted by molar-refractivity contribution is 5.75. The third-order valence-electron chi connectivity index (χ3n) is 4.13. The van der Waals surface area contributed by atoms with Gasteiger partial charge in [0.1, 0.15) is 0 Å². The maximum Gasteiger partial charge on any atom is 0.0704 e. The van der Waals surface area contributed by atoms with Crippen molar-refractivity contribution in [1.29, 1.82) is 0 Å². The molecule has 0 saturated carbocycles. The third-order valence-corrected chi connectivity index (χ3v) is 4.13. The molecule has 0 spiro atoms. The first-order chi connectivity index (χ1) is 10.6. The molecule has 0 fully saturated rings. The van der Waals surface area contributed by atoms with Gasteiger partial charge in [0.05, 0.1) is 5.69 Å². The third kappa shape index (κ3) is 2.67. The van der Waals surface area contributed by atoms with Gasteiger partial charge in [0.25, 0.3) is 0 Å². The van der Waals surface area contributed by atoms with Crippen molar-refractivity contribution in [2.24, 2.45) is 0 Å². The average Bonchev–Trinajstić information content (AvgIpc) is 2.47. The molecule has 0 amide bonds. The van der Waals surface area contributed by atoms with Gasteiger partial charge in [-0.25, -0.2) is 0 Å². The average molecular weight is 287 g/mol. The van der Waals surface area contributed by atoms with E-state index >= 15 is 0 Å². The smallest absolute Gasteiger partial charge is 0.0704 e. The Hall–Kier alpha value is -2.41. The SMILES string of the molecule is Cc1cc(C)c(-c2ccc(-c3ccccn3)c(C)c2)c(C)c1. The molecule has 0 aliphatic heterocycles. The summed E-state index contributed by atoms with van der Waals surface area (Å²) < 4.78 is 0. The lowest BCUT2D eigenvalue weighted by Crippen LogP contribution is -1.92. The summed E-state index contributed by atoms with van der Waals surface area (Å²) in [5.41, 5.74) is 10.1. The van der Waals surface area contributed by atoms with Crippen LogP contribution in [0.15, 0.2) is 54.7 Å². The molecule has 1 aromatic heterocycles. The van der Waals surface area contributed by atoms with Crippen molar-refractivity contribution < 1.29 is 0 Å². The van der Waals surface area contributed by atoms with Crippen LogP contribution in [0.25, 0.3) is 22.4 Å². The van der Waals surface area contributed by atoms with Gasteiger partial charge in [0, 0.05) is 11.8 Å². The van der Waals surface area contributed by atoms with Crippen molar-refractivity contribution in [1.82, 2.24) is 4.98 Å². The maximum absolute atomic E-state index is 4.46. The Labute approximate surface area is 132 Å². The fourth-order valence-corrected chi connectivity index (χ4v) is 3.26. The summed E-state index contributed by atoms with van der Waals surface area (Å²) in [4.78, 5) is 4.46. The van der Waals surface area contributed by atoms with Crippen molar-refractivity contribution in [2.45, 2.75) is 27.7 Å². The highest BCUT2D eigenvalue weighted by Gasteiger charge is 2.09. The van der Waals surface area contributed by atoms with E-state index in [4.69, 9.17) is 0 Å². The highest BCUT2D eigenvalue weighted by Crippen LogP contribution is 2.32. The fourth-order valence-electron chi connectivity index (χ4n) is 3.26. The Bertz CT molecular complexity index is 794. The van der Waals surface area contributed by atoms with Gasteiger partial charge in [-0.2, -0.15) is 0 Å². The molecule has 0 radical (unpaired) electrons. The first-order valence-electron chi connectivity index (χ1n) is 7.66. The summed E-state index contributed by atoms with van der Waals surface area (Å²) in [6.07, 6.45) is 1.84. The highest BCUT2D eigenvalue weighted by atomic mass is 14.7. The molecule has 1 nitrogen and oxygen atoms in total. The number of benzene rings is 2. The van der Waals surface area contributed by atoms with Crippen molar-refractivity contribution in [3.05, 3.63) is 77.0 Å². The molecule has 22 heavy (non-hydrogen) atoms. The van der Waals surface area contributed by atoms with Crippen LogP contribution in [0.2, 0.25) is 0 Å². The van der Waals surface area contributed by atoms with E-state index in [0.717, 1.165) is 5.69 Å². The molecule has 0 aliphatic rings. The van der Waals surface area contributed by atoms with Gasteiger partial charge in [-0.15, -0.1) is 0 Å². The number of pyridine rings is 1. The van der Waals surface area contributed by atoms with E-state index in [9.17, 15) is 0 Å². The van der Waals surface area contributed by atoms with E-state index in [1.54, 1.807) is 0 Å². The Morgan fingerprint density at radius 3 is 2.05 bits per heavy atom. The lowest BCUT2D eigenvalue weighted by Gasteiger charge is -2.14. The molecular weight excluding hydrogens is 266 g/mol. The molecule has 0 atom stereocenters. The van der Waals surface area contributed by atoms with Crippen molar-refractivity contribution in [2.75, 3.05) is 0 Å². The summed E-state index contributed by atoms with van der Waals surface area (Å²) in [6, 6.07) is 17.2.